The Bertz CT molecular complexity index is 483. The van der Waals surface area contributed by atoms with Gasteiger partial charge in [-0.25, -0.2) is 0 Å². The molecule has 1 N–H and O–H groups in total. The summed E-state index contributed by atoms with van der Waals surface area (Å²) in [6.45, 7) is 0.339. The second-order valence-electron chi connectivity index (χ2n) is 4.24. The number of fused-ring (bicyclic) bond motifs is 2. The van der Waals surface area contributed by atoms with Crippen molar-refractivity contribution in [1.82, 2.24) is 5.32 Å². The molecule has 2 aliphatic rings. The normalized spacial score (nSPS) is 27.5. The Morgan fingerprint density at radius 2 is 2.06 bits per heavy atom. The molecular weight excluding hydrogens is 206 g/mol. The molecule has 1 unspecified atom stereocenters. The topological polar surface area (TPSA) is 55.4 Å². The summed E-state index contributed by atoms with van der Waals surface area (Å²) in [5.41, 5.74) is 0.254. The van der Waals surface area contributed by atoms with Gasteiger partial charge >= 0.3 is 0 Å². The predicted molar refractivity (Wildman–Crippen MR) is 56.0 cm³/mol. The number of carbonyl (C=O) groups excluding carboxylic acids is 2. The van der Waals surface area contributed by atoms with Gasteiger partial charge in [-0.2, -0.15) is 0 Å². The molecule has 0 aliphatic carbocycles. The lowest BCUT2D eigenvalue weighted by Crippen LogP contribution is -2.52. The van der Waals surface area contributed by atoms with Gasteiger partial charge < -0.3 is 4.74 Å². The lowest BCUT2D eigenvalue weighted by molar-refractivity contribution is -0.138. The first-order chi connectivity index (χ1) is 7.72. The molecule has 0 radical (unpaired) electrons. The maximum absolute atomic E-state index is 12.0. The van der Waals surface area contributed by atoms with Crippen molar-refractivity contribution in [2.45, 2.75) is 18.3 Å². The van der Waals surface area contributed by atoms with Gasteiger partial charge in [0.05, 0.1) is 0 Å². The fraction of sp³-hybridized carbons (Fsp3) is 0.333. The van der Waals surface area contributed by atoms with Crippen LogP contribution in [0.4, 0.5) is 0 Å². The van der Waals surface area contributed by atoms with Crippen LogP contribution in [-0.2, 0) is 15.0 Å². The number of para-hydroxylation sites is 1. The van der Waals surface area contributed by atoms with Crippen molar-refractivity contribution in [2.24, 2.45) is 0 Å². The number of rotatable bonds is 0. The molecule has 2 aliphatic heterocycles. The summed E-state index contributed by atoms with van der Waals surface area (Å²) in [5, 5.41) is 2.40. The van der Waals surface area contributed by atoms with Gasteiger partial charge in [-0.3, -0.25) is 14.9 Å². The number of amides is 2. The molecule has 3 rings (SSSR count). The van der Waals surface area contributed by atoms with Crippen LogP contribution in [0.3, 0.4) is 0 Å². The fourth-order valence-electron chi connectivity index (χ4n) is 2.41. The number of imide groups is 1. The number of hydrogen-bond donors (Lipinski definition) is 1. The van der Waals surface area contributed by atoms with Crippen molar-refractivity contribution in [3.63, 3.8) is 0 Å². The van der Waals surface area contributed by atoms with Crippen molar-refractivity contribution in [3.05, 3.63) is 29.8 Å². The Hall–Kier alpha value is -1.84. The van der Waals surface area contributed by atoms with E-state index in [4.69, 9.17) is 4.74 Å². The van der Waals surface area contributed by atoms with Crippen LogP contribution < -0.4 is 10.1 Å². The van der Waals surface area contributed by atoms with Crippen LogP contribution in [0, 0.1) is 0 Å². The van der Waals surface area contributed by atoms with E-state index in [0.29, 0.717) is 19.4 Å². The third-order valence-electron chi connectivity index (χ3n) is 3.34. The molecule has 1 saturated heterocycles. The standard InChI is InChI=1S/C12H11NO3/c14-10-5-6-12(11(15)13-10)7-16-9-4-2-1-3-8(9)12/h1-4H,5-7H2,(H,13,14,15). The number of benzene rings is 1. The first-order valence-corrected chi connectivity index (χ1v) is 5.29. The first-order valence-electron chi connectivity index (χ1n) is 5.29. The lowest BCUT2D eigenvalue weighted by atomic mass is 9.75. The summed E-state index contributed by atoms with van der Waals surface area (Å²) in [7, 11) is 0. The molecule has 16 heavy (non-hydrogen) atoms. The van der Waals surface area contributed by atoms with Crippen LogP contribution in [-0.4, -0.2) is 18.4 Å². The first kappa shape index (κ1) is 9.39. The third kappa shape index (κ3) is 1.10. The molecule has 4 nitrogen and oxygen atoms in total. The highest BCUT2D eigenvalue weighted by Gasteiger charge is 2.49. The second-order valence-corrected chi connectivity index (χ2v) is 4.24. The van der Waals surface area contributed by atoms with E-state index in [-0.39, 0.29) is 11.8 Å². The Balaban J connectivity index is 2.08. The minimum Gasteiger partial charge on any atom is -0.492 e. The zero-order valence-electron chi connectivity index (χ0n) is 8.66. The van der Waals surface area contributed by atoms with Crippen LogP contribution in [0.1, 0.15) is 18.4 Å². The lowest BCUT2D eigenvalue weighted by Gasteiger charge is -2.29. The minimum absolute atomic E-state index is 0.194. The number of piperidine rings is 1. The van der Waals surface area contributed by atoms with E-state index in [1.54, 1.807) is 0 Å². The SMILES string of the molecule is O=C1CCC2(COc3ccccc32)C(=O)N1. The molecule has 1 atom stereocenters. The van der Waals surface area contributed by atoms with Crippen LogP contribution in [0.15, 0.2) is 24.3 Å². The van der Waals surface area contributed by atoms with Crippen LogP contribution in [0.2, 0.25) is 0 Å². The van der Waals surface area contributed by atoms with Crippen molar-refractivity contribution in [2.75, 3.05) is 6.61 Å². The van der Waals surface area contributed by atoms with E-state index in [1.807, 2.05) is 24.3 Å². The molecule has 1 spiro atoms. The Morgan fingerprint density at radius 3 is 2.88 bits per heavy atom. The Morgan fingerprint density at radius 1 is 1.25 bits per heavy atom. The van der Waals surface area contributed by atoms with Crippen molar-refractivity contribution < 1.29 is 14.3 Å². The highest BCUT2D eigenvalue weighted by Crippen LogP contribution is 2.43. The monoisotopic (exact) mass is 217 g/mol. The van der Waals surface area contributed by atoms with E-state index < -0.39 is 5.41 Å². The average Bonchev–Trinajstić information content (AvgIpc) is 2.65. The molecule has 2 heterocycles. The zero-order valence-corrected chi connectivity index (χ0v) is 8.66. The van der Waals surface area contributed by atoms with Gasteiger partial charge in [0.1, 0.15) is 17.8 Å². The summed E-state index contributed by atoms with van der Waals surface area (Å²) < 4.78 is 5.53. The summed E-state index contributed by atoms with van der Waals surface area (Å²) in [6, 6.07) is 7.52. The molecule has 2 amide bonds. The number of hydrogen-bond acceptors (Lipinski definition) is 3. The molecule has 0 saturated carbocycles. The third-order valence-corrected chi connectivity index (χ3v) is 3.34. The number of ether oxygens (including phenoxy) is 1. The van der Waals surface area contributed by atoms with E-state index >= 15 is 0 Å². The van der Waals surface area contributed by atoms with Crippen LogP contribution in [0.25, 0.3) is 0 Å². The maximum Gasteiger partial charge on any atom is 0.240 e. The summed E-state index contributed by atoms with van der Waals surface area (Å²) in [6.07, 6.45) is 0.915. The largest absolute Gasteiger partial charge is 0.492 e. The summed E-state index contributed by atoms with van der Waals surface area (Å²) >= 11 is 0. The molecular formula is C12H11NO3. The highest BCUT2D eigenvalue weighted by molar-refractivity contribution is 6.04. The van der Waals surface area contributed by atoms with E-state index in [9.17, 15) is 9.59 Å². The van der Waals surface area contributed by atoms with Crippen molar-refractivity contribution in [1.29, 1.82) is 0 Å². The summed E-state index contributed by atoms with van der Waals surface area (Å²) in [4.78, 5) is 23.1. The molecule has 4 heteroatoms. The quantitative estimate of drug-likeness (QED) is 0.652. The van der Waals surface area contributed by atoms with E-state index in [2.05, 4.69) is 5.32 Å². The smallest absolute Gasteiger partial charge is 0.240 e. The Kier molecular flexibility index (Phi) is 1.80. The minimum atomic E-state index is -0.648. The molecule has 1 fully saturated rings. The molecule has 82 valence electrons. The van der Waals surface area contributed by atoms with Gasteiger partial charge in [0.25, 0.3) is 0 Å². The van der Waals surface area contributed by atoms with Crippen LogP contribution >= 0.6 is 0 Å². The second kappa shape index (κ2) is 3.07. The van der Waals surface area contributed by atoms with Crippen molar-refractivity contribution in [3.8, 4) is 5.75 Å². The fourth-order valence-corrected chi connectivity index (χ4v) is 2.41. The van der Waals surface area contributed by atoms with Crippen LogP contribution in [0.5, 0.6) is 5.75 Å². The summed E-state index contributed by atoms with van der Waals surface area (Å²) in [5.74, 6) is 0.334. The van der Waals surface area contributed by atoms with Gasteiger partial charge in [0, 0.05) is 12.0 Å². The number of nitrogens with one attached hydrogen (secondary N) is 1. The zero-order chi connectivity index (χ0) is 11.2. The maximum atomic E-state index is 12.0. The van der Waals surface area contributed by atoms with E-state index in [1.165, 1.54) is 0 Å². The number of carbonyl (C=O) groups is 2. The van der Waals surface area contributed by atoms with Gasteiger partial charge in [0.2, 0.25) is 11.8 Å². The highest BCUT2D eigenvalue weighted by atomic mass is 16.5. The van der Waals surface area contributed by atoms with Gasteiger partial charge in [-0.15, -0.1) is 0 Å². The average molecular weight is 217 g/mol. The van der Waals surface area contributed by atoms with Gasteiger partial charge in [-0.05, 0) is 12.5 Å². The molecule has 0 bridgehead atoms. The van der Waals surface area contributed by atoms with Gasteiger partial charge in [-0.1, -0.05) is 18.2 Å². The molecule has 1 aromatic carbocycles. The predicted octanol–water partition coefficient (Wildman–Crippen LogP) is 0.753. The molecule has 0 aromatic heterocycles. The Labute approximate surface area is 92.6 Å². The van der Waals surface area contributed by atoms with Crippen molar-refractivity contribution >= 4 is 11.8 Å². The molecule has 1 aromatic rings. The van der Waals surface area contributed by atoms with Gasteiger partial charge in [0.15, 0.2) is 0 Å². The van der Waals surface area contributed by atoms with E-state index in [0.717, 1.165) is 11.3 Å².